The zero-order chi connectivity index (χ0) is 15.6. The number of rotatable bonds is 3. The standard InChI is InChI=1S/C15H13ClN2O3/c1-8-2-3-9(6-13(8)17)14(19)18-12-5-10(15(20)21)4-11(16)7-12/h2-7H,17H2,1H3,(H,18,19)(H,20,21). The highest BCUT2D eigenvalue weighted by Gasteiger charge is 2.11. The highest BCUT2D eigenvalue weighted by molar-refractivity contribution is 6.31. The smallest absolute Gasteiger partial charge is 0.335 e. The molecule has 1 amide bonds. The highest BCUT2D eigenvalue weighted by Crippen LogP contribution is 2.20. The van der Waals surface area contributed by atoms with Crippen molar-refractivity contribution >= 4 is 34.9 Å². The van der Waals surface area contributed by atoms with Gasteiger partial charge in [-0.1, -0.05) is 17.7 Å². The monoisotopic (exact) mass is 304 g/mol. The van der Waals surface area contributed by atoms with Crippen molar-refractivity contribution in [3.05, 3.63) is 58.1 Å². The number of carbonyl (C=O) groups excluding carboxylic acids is 1. The van der Waals surface area contributed by atoms with E-state index in [0.29, 0.717) is 16.9 Å². The van der Waals surface area contributed by atoms with Gasteiger partial charge in [-0.15, -0.1) is 0 Å². The molecule has 0 saturated carbocycles. The summed E-state index contributed by atoms with van der Waals surface area (Å²) in [5.41, 5.74) is 7.85. The van der Waals surface area contributed by atoms with Gasteiger partial charge >= 0.3 is 5.97 Å². The minimum Gasteiger partial charge on any atom is -0.478 e. The number of carboxylic acids is 1. The van der Waals surface area contributed by atoms with Crippen LogP contribution in [-0.2, 0) is 0 Å². The van der Waals surface area contributed by atoms with E-state index in [9.17, 15) is 9.59 Å². The predicted octanol–water partition coefficient (Wildman–Crippen LogP) is 3.18. The molecule has 0 aliphatic heterocycles. The van der Waals surface area contributed by atoms with Crippen LogP contribution in [0.25, 0.3) is 0 Å². The van der Waals surface area contributed by atoms with E-state index in [4.69, 9.17) is 22.4 Å². The van der Waals surface area contributed by atoms with E-state index < -0.39 is 5.97 Å². The van der Waals surface area contributed by atoms with E-state index in [1.165, 1.54) is 18.2 Å². The molecule has 2 aromatic rings. The average molecular weight is 305 g/mol. The Morgan fingerprint density at radius 1 is 1.14 bits per heavy atom. The Morgan fingerprint density at radius 3 is 2.48 bits per heavy atom. The molecule has 0 atom stereocenters. The number of hydrogen-bond acceptors (Lipinski definition) is 3. The number of hydrogen-bond donors (Lipinski definition) is 3. The Morgan fingerprint density at radius 2 is 1.86 bits per heavy atom. The summed E-state index contributed by atoms with van der Waals surface area (Å²) in [5, 5.41) is 11.8. The Balaban J connectivity index is 2.27. The molecule has 0 fully saturated rings. The van der Waals surface area contributed by atoms with Crippen LogP contribution in [0.2, 0.25) is 5.02 Å². The van der Waals surface area contributed by atoms with E-state index in [1.54, 1.807) is 18.2 Å². The molecule has 5 nitrogen and oxygen atoms in total. The van der Waals surface area contributed by atoms with E-state index in [2.05, 4.69) is 5.32 Å². The van der Waals surface area contributed by atoms with Crippen LogP contribution in [0.5, 0.6) is 0 Å². The zero-order valence-corrected chi connectivity index (χ0v) is 11.9. The predicted molar refractivity (Wildman–Crippen MR) is 82.0 cm³/mol. The van der Waals surface area contributed by atoms with Gasteiger partial charge in [-0.05, 0) is 42.8 Å². The molecule has 0 aliphatic rings. The van der Waals surface area contributed by atoms with Crippen LogP contribution in [-0.4, -0.2) is 17.0 Å². The molecule has 0 saturated heterocycles. The summed E-state index contributed by atoms with van der Waals surface area (Å²) in [6.07, 6.45) is 0. The third kappa shape index (κ3) is 3.52. The van der Waals surface area contributed by atoms with Crippen molar-refractivity contribution in [1.29, 1.82) is 0 Å². The van der Waals surface area contributed by atoms with Crippen molar-refractivity contribution < 1.29 is 14.7 Å². The van der Waals surface area contributed by atoms with Crippen LogP contribution in [0.15, 0.2) is 36.4 Å². The maximum absolute atomic E-state index is 12.1. The largest absolute Gasteiger partial charge is 0.478 e. The minimum atomic E-state index is -1.12. The lowest BCUT2D eigenvalue weighted by Crippen LogP contribution is -2.13. The first-order chi connectivity index (χ1) is 9.86. The maximum Gasteiger partial charge on any atom is 0.335 e. The molecule has 0 aromatic heterocycles. The van der Waals surface area contributed by atoms with Crippen LogP contribution in [0, 0.1) is 6.92 Å². The number of benzene rings is 2. The van der Waals surface area contributed by atoms with E-state index in [0.717, 1.165) is 5.56 Å². The van der Waals surface area contributed by atoms with Gasteiger partial charge in [0.25, 0.3) is 5.91 Å². The van der Waals surface area contributed by atoms with Crippen molar-refractivity contribution in [2.75, 3.05) is 11.1 Å². The van der Waals surface area contributed by atoms with Gasteiger partial charge in [0.15, 0.2) is 0 Å². The molecule has 0 bridgehead atoms. The van der Waals surface area contributed by atoms with Crippen molar-refractivity contribution in [3.8, 4) is 0 Å². The summed E-state index contributed by atoms with van der Waals surface area (Å²) >= 11 is 5.83. The van der Waals surface area contributed by atoms with Crippen molar-refractivity contribution in [3.63, 3.8) is 0 Å². The fraction of sp³-hybridized carbons (Fsp3) is 0.0667. The Hall–Kier alpha value is -2.53. The summed E-state index contributed by atoms with van der Waals surface area (Å²) in [5.74, 6) is -1.51. The van der Waals surface area contributed by atoms with E-state index in [1.807, 2.05) is 6.92 Å². The first-order valence-electron chi connectivity index (χ1n) is 6.08. The van der Waals surface area contributed by atoms with Gasteiger partial charge in [0.2, 0.25) is 0 Å². The molecule has 0 unspecified atom stereocenters. The maximum atomic E-state index is 12.1. The molecule has 21 heavy (non-hydrogen) atoms. The van der Waals surface area contributed by atoms with Gasteiger partial charge in [0.05, 0.1) is 5.56 Å². The number of carboxylic acid groups (broad SMARTS) is 1. The van der Waals surface area contributed by atoms with Crippen molar-refractivity contribution in [1.82, 2.24) is 0 Å². The molecule has 0 aliphatic carbocycles. The Bertz CT molecular complexity index is 729. The van der Waals surface area contributed by atoms with Gasteiger partial charge in [-0.2, -0.15) is 0 Å². The Kier molecular flexibility index (Phi) is 4.14. The number of amides is 1. The quantitative estimate of drug-likeness (QED) is 0.759. The molecule has 4 N–H and O–H groups in total. The van der Waals surface area contributed by atoms with Crippen molar-refractivity contribution in [2.24, 2.45) is 0 Å². The lowest BCUT2D eigenvalue weighted by Gasteiger charge is -2.08. The van der Waals surface area contributed by atoms with Gasteiger partial charge in [-0.3, -0.25) is 4.79 Å². The van der Waals surface area contributed by atoms with Crippen LogP contribution in [0.3, 0.4) is 0 Å². The summed E-state index contributed by atoms with van der Waals surface area (Å²) in [4.78, 5) is 23.1. The number of halogens is 1. The molecule has 108 valence electrons. The van der Waals surface area contributed by atoms with E-state index in [-0.39, 0.29) is 16.5 Å². The molecular weight excluding hydrogens is 292 g/mol. The number of nitrogens with two attached hydrogens (primary N) is 1. The molecule has 2 aromatic carbocycles. The van der Waals surface area contributed by atoms with Crippen LogP contribution in [0.4, 0.5) is 11.4 Å². The molecular formula is C15H13ClN2O3. The molecule has 6 heteroatoms. The second-order valence-electron chi connectivity index (χ2n) is 4.56. The SMILES string of the molecule is Cc1ccc(C(=O)Nc2cc(Cl)cc(C(=O)O)c2)cc1N. The van der Waals surface area contributed by atoms with Crippen molar-refractivity contribution in [2.45, 2.75) is 6.92 Å². The third-order valence-electron chi connectivity index (χ3n) is 2.94. The zero-order valence-electron chi connectivity index (χ0n) is 11.2. The average Bonchev–Trinajstić information content (AvgIpc) is 2.41. The fourth-order valence-electron chi connectivity index (χ4n) is 1.77. The molecule has 2 rings (SSSR count). The lowest BCUT2D eigenvalue weighted by molar-refractivity contribution is 0.0696. The Labute approximate surface area is 126 Å². The number of carbonyl (C=O) groups is 2. The summed E-state index contributed by atoms with van der Waals surface area (Å²) in [7, 11) is 0. The fourth-order valence-corrected chi connectivity index (χ4v) is 2.01. The second kappa shape index (κ2) is 5.85. The van der Waals surface area contributed by atoms with Gasteiger partial charge < -0.3 is 16.2 Å². The summed E-state index contributed by atoms with van der Waals surface area (Å²) in [6, 6.07) is 9.07. The van der Waals surface area contributed by atoms with Crippen LogP contribution < -0.4 is 11.1 Å². The van der Waals surface area contributed by atoms with Gasteiger partial charge in [-0.25, -0.2) is 4.79 Å². The van der Waals surface area contributed by atoms with E-state index >= 15 is 0 Å². The van der Waals surface area contributed by atoms with Crippen LogP contribution in [0.1, 0.15) is 26.3 Å². The lowest BCUT2D eigenvalue weighted by atomic mass is 10.1. The highest BCUT2D eigenvalue weighted by atomic mass is 35.5. The summed E-state index contributed by atoms with van der Waals surface area (Å²) < 4.78 is 0. The molecule has 0 spiro atoms. The normalized spacial score (nSPS) is 10.2. The number of anilines is 2. The number of nitrogen functional groups attached to an aromatic ring is 1. The minimum absolute atomic E-state index is 0.00113. The number of nitrogens with one attached hydrogen (secondary N) is 1. The molecule has 0 radical (unpaired) electrons. The topological polar surface area (TPSA) is 92.4 Å². The van der Waals surface area contributed by atoms with Gasteiger partial charge in [0.1, 0.15) is 0 Å². The first-order valence-corrected chi connectivity index (χ1v) is 6.46. The van der Waals surface area contributed by atoms with Gasteiger partial charge in [0, 0.05) is 22.0 Å². The number of aromatic carboxylic acids is 1. The molecule has 0 heterocycles. The first kappa shape index (κ1) is 14.9. The summed E-state index contributed by atoms with van der Waals surface area (Å²) in [6.45, 7) is 1.84. The third-order valence-corrected chi connectivity index (χ3v) is 3.16. The second-order valence-corrected chi connectivity index (χ2v) is 5.00. The number of aryl methyl sites for hydroxylation is 1. The van der Waals surface area contributed by atoms with Crippen LogP contribution >= 0.6 is 11.6 Å².